The van der Waals surface area contributed by atoms with Gasteiger partial charge >= 0.3 is 0 Å². The van der Waals surface area contributed by atoms with Crippen LogP contribution in [0.4, 0.5) is 0 Å². The van der Waals surface area contributed by atoms with E-state index in [-0.39, 0.29) is 0 Å². The van der Waals surface area contributed by atoms with Crippen LogP contribution in [0.2, 0.25) is 0 Å². The minimum absolute atomic E-state index is 0.775. The van der Waals surface area contributed by atoms with E-state index in [0.29, 0.717) is 0 Å². The fraction of sp³-hybridized carbons (Fsp3) is 0.500. The first-order valence-corrected chi connectivity index (χ1v) is 4.33. The number of thiophene rings is 1. The van der Waals surface area contributed by atoms with E-state index in [1.807, 2.05) is 17.5 Å². The summed E-state index contributed by atoms with van der Waals surface area (Å²) >= 11 is 1.45. The lowest BCUT2D eigenvalue weighted by Gasteiger charge is -2.23. The first-order valence-electron chi connectivity index (χ1n) is 3.45. The molecule has 11 heavy (non-hydrogen) atoms. The number of aliphatic hydroxyl groups is 2. The van der Waals surface area contributed by atoms with Crippen LogP contribution in [0.5, 0.6) is 0 Å². The average molecular weight is 172 g/mol. The van der Waals surface area contributed by atoms with E-state index in [2.05, 4.69) is 0 Å². The lowest BCUT2D eigenvalue weighted by atomic mass is 10.0. The summed E-state index contributed by atoms with van der Waals surface area (Å²) in [7, 11) is 0. The maximum absolute atomic E-state index is 9.51. The highest BCUT2D eigenvalue weighted by molar-refractivity contribution is 7.10. The molecule has 62 valence electrons. The summed E-state index contributed by atoms with van der Waals surface area (Å²) in [4.78, 5) is 0.803. The number of hydrogen-bond acceptors (Lipinski definition) is 3. The molecule has 1 aromatic heterocycles. The van der Waals surface area contributed by atoms with Crippen LogP contribution in [0, 0.1) is 0 Å². The zero-order chi connectivity index (χ0) is 8.48. The van der Waals surface area contributed by atoms with Crippen molar-refractivity contribution in [3.05, 3.63) is 22.4 Å². The second kappa shape index (κ2) is 2.93. The third-order valence-corrected chi connectivity index (χ3v) is 2.41. The summed E-state index contributed by atoms with van der Waals surface area (Å²) in [6.07, 6.45) is -0.775. The Morgan fingerprint density at radius 3 is 2.55 bits per heavy atom. The summed E-state index contributed by atoms with van der Waals surface area (Å²) < 4.78 is 0. The molecular weight excluding hydrogens is 160 g/mol. The van der Waals surface area contributed by atoms with Crippen LogP contribution >= 0.6 is 11.3 Å². The Balaban J connectivity index is 2.78. The second-order valence-electron chi connectivity index (χ2n) is 3.07. The number of hydrogen-bond donors (Lipinski definition) is 2. The van der Waals surface area contributed by atoms with Crippen LogP contribution in [-0.2, 0) is 0 Å². The van der Waals surface area contributed by atoms with Gasteiger partial charge in [-0.05, 0) is 25.3 Å². The molecule has 1 unspecified atom stereocenters. The van der Waals surface area contributed by atoms with Gasteiger partial charge in [0, 0.05) is 4.88 Å². The first-order chi connectivity index (χ1) is 5.02. The van der Waals surface area contributed by atoms with Crippen molar-refractivity contribution in [1.29, 1.82) is 0 Å². The van der Waals surface area contributed by atoms with Crippen LogP contribution in [0.15, 0.2) is 17.5 Å². The minimum atomic E-state index is -1.05. The molecule has 1 aromatic rings. The van der Waals surface area contributed by atoms with Crippen LogP contribution in [0.3, 0.4) is 0 Å². The minimum Gasteiger partial charge on any atom is -0.387 e. The molecular formula is C8H12O2S. The fourth-order valence-corrected chi connectivity index (χ4v) is 1.68. The van der Waals surface area contributed by atoms with Gasteiger partial charge < -0.3 is 10.2 Å². The molecule has 0 saturated heterocycles. The molecule has 3 heteroatoms. The van der Waals surface area contributed by atoms with E-state index < -0.39 is 11.7 Å². The van der Waals surface area contributed by atoms with Crippen molar-refractivity contribution in [2.24, 2.45) is 0 Å². The predicted molar refractivity (Wildman–Crippen MR) is 45.6 cm³/mol. The molecule has 0 aliphatic rings. The van der Waals surface area contributed by atoms with Gasteiger partial charge in [0.15, 0.2) is 0 Å². The molecule has 2 nitrogen and oxygen atoms in total. The lowest BCUT2D eigenvalue weighted by Crippen LogP contribution is -2.27. The molecule has 0 aliphatic heterocycles. The van der Waals surface area contributed by atoms with E-state index in [1.54, 1.807) is 13.8 Å². The van der Waals surface area contributed by atoms with Crippen molar-refractivity contribution in [2.75, 3.05) is 0 Å². The Labute approximate surface area is 70.1 Å². The van der Waals surface area contributed by atoms with Gasteiger partial charge in [0.1, 0.15) is 6.10 Å². The van der Waals surface area contributed by atoms with E-state index in [1.165, 1.54) is 11.3 Å². The number of aliphatic hydroxyl groups excluding tert-OH is 1. The second-order valence-corrected chi connectivity index (χ2v) is 4.05. The third-order valence-electron chi connectivity index (χ3n) is 1.48. The highest BCUT2D eigenvalue weighted by Gasteiger charge is 2.26. The number of rotatable bonds is 2. The van der Waals surface area contributed by atoms with E-state index in [9.17, 15) is 10.2 Å². The fourth-order valence-electron chi connectivity index (χ4n) is 0.795. The topological polar surface area (TPSA) is 40.5 Å². The molecule has 0 saturated carbocycles. The van der Waals surface area contributed by atoms with Crippen molar-refractivity contribution in [2.45, 2.75) is 25.6 Å². The molecule has 0 spiro atoms. The Morgan fingerprint density at radius 2 is 2.18 bits per heavy atom. The molecule has 1 rings (SSSR count). The van der Waals surface area contributed by atoms with Gasteiger partial charge in [0.2, 0.25) is 0 Å². The highest BCUT2D eigenvalue weighted by Crippen LogP contribution is 2.28. The molecule has 0 fully saturated rings. The highest BCUT2D eigenvalue weighted by atomic mass is 32.1. The largest absolute Gasteiger partial charge is 0.387 e. The van der Waals surface area contributed by atoms with Gasteiger partial charge in [-0.2, -0.15) is 0 Å². The zero-order valence-corrected chi connectivity index (χ0v) is 7.43. The van der Waals surface area contributed by atoms with Crippen molar-refractivity contribution in [3.63, 3.8) is 0 Å². The maximum atomic E-state index is 9.51. The predicted octanol–water partition coefficient (Wildman–Crippen LogP) is 1.55. The standard InChI is InChI=1S/C8H12O2S/c1-8(2,10)7(9)6-4-3-5-11-6/h3-5,7,9-10H,1-2H3. The van der Waals surface area contributed by atoms with Crippen LogP contribution in [0.1, 0.15) is 24.8 Å². The van der Waals surface area contributed by atoms with Gasteiger partial charge in [-0.25, -0.2) is 0 Å². The molecule has 1 atom stereocenters. The van der Waals surface area contributed by atoms with Crippen molar-refractivity contribution >= 4 is 11.3 Å². The first kappa shape index (κ1) is 8.71. The van der Waals surface area contributed by atoms with Crippen molar-refractivity contribution in [1.82, 2.24) is 0 Å². The summed E-state index contributed by atoms with van der Waals surface area (Å²) in [5.41, 5.74) is -1.05. The monoisotopic (exact) mass is 172 g/mol. The normalized spacial score (nSPS) is 14.9. The summed E-state index contributed by atoms with van der Waals surface area (Å²) in [6, 6.07) is 3.67. The van der Waals surface area contributed by atoms with Crippen LogP contribution < -0.4 is 0 Å². The third kappa shape index (κ3) is 2.02. The lowest BCUT2D eigenvalue weighted by molar-refractivity contribution is -0.0478. The molecule has 0 amide bonds. The molecule has 0 aromatic carbocycles. The van der Waals surface area contributed by atoms with Gasteiger partial charge in [0.25, 0.3) is 0 Å². The Kier molecular flexibility index (Phi) is 2.32. The maximum Gasteiger partial charge on any atom is 0.116 e. The smallest absolute Gasteiger partial charge is 0.116 e. The average Bonchev–Trinajstić information content (AvgIpc) is 2.34. The quantitative estimate of drug-likeness (QED) is 0.710. The Hall–Kier alpha value is -0.380. The SMILES string of the molecule is CC(C)(O)C(O)c1cccs1. The van der Waals surface area contributed by atoms with Gasteiger partial charge in [0.05, 0.1) is 5.60 Å². The summed E-state index contributed by atoms with van der Waals surface area (Å²) in [6.45, 7) is 3.19. The van der Waals surface area contributed by atoms with E-state index >= 15 is 0 Å². The van der Waals surface area contributed by atoms with E-state index in [0.717, 1.165) is 4.88 Å². The molecule has 2 N–H and O–H groups in total. The van der Waals surface area contributed by atoms with Crippen LogP contribution in [0.25, 0.3) is 0 Å². The van der Waals surface area contributed by atoms with Gasteiger partial charge in [-0.3, -0.25) is 0 Å². The van der Waals surface area contributed by atoms with Gasteiger partial charge in [-0.15, -0.1) is 11.3 Å². The Morgan fingerprint density at radius 1 is 1.55 bits per heavy atom. The molecule has 1 heterocycles. The van der Waals surface area contributed by atoms with Crippen LogP contribution in [-0.4, -0.2) is 15.8 Å². The summed E-state index contributed by atoms with van der Waals surface area (Å²) in [5, 5.41) is 20.8. The molecule has 0 bridgehead atoms. The Bertz CT molecular complexity index is 210. The van der Waals surface area contributed by atoms with E-state index in [4.69, 9.17) is 0 Å². The van der Waals surface area contributed by atoms with Gasteiger partial charge in [-0.1, -0.05) is 6.07 Å². The van der Waals surface area contributed by atoms with Crippen molar-refractivity contribution in [3.8, 4) is 0 Å². The summed E-state index contributed by atoms with van der Waals surface area (Å²) in [5.74, 6) is 0. The van der Waals surface area contributed by atoms with Crippen molar-refractivity contribution < 1.29 is 10.2 Å². The molecule has 0 radical (unpaired) electrons. The molecule has 0 aliphatic carbocycles. The zero-order valence-electron chi connectivity index (χ0n) is 6.61.